The molecule has 0 radical (unpaired) electrons. The Morgan fingerprint density at radius 2 is 1.62 bits per heavy atom. The zero-order valence-corrected chi connectivity index (χ0v) is 20.1. The van der Waals surface area contributed by atoms with E-state index in [0.29, 0.717) is 16.7 Å². The summed E-state index contributed by atoms with van der Waals surface area (Å²) in [7, 11) is 0. The van der Waals surface area contributed by atoms with Crippen LogP contribution in [-0.4, -0.2) is 11.2 Å². The Bertz CT molecular complexity index is 607. The maximum atomic E-state index is 10.3. The molecule has 1 heteroatoms. The van der Waals surface area contributed by atoms with Crippen LogP contribution in [-0.2, 0) is 0 Å². The standard InChI is InChI=1S/C28H48O/c1-18(2)19(3)7-8-20(4)24-11-12-25-23-10-9-21-17-22(29)13-15-27(21,5)26(23)14-16-28(24,25)6/h18,20-26,29H,3,7-17H2,1-2,4-6H3/t20-,21-,22+,23+,24-,25+,26+,27+,28-/m1/s1. The first-order valence-corrected chi connectivity index (χ1v) is 13.0. The van der Waals surface area contributed by atoms with Gasteiger partial charge in [0.05, 0.1) is 6.10 Å². The molecule has 0 unspecified atom stereocenters. The van der Waals surface area contributed by atoms with Gasteiger partial charge >= 0.3 is 0 Å². The fourth-order valence-electron chi connectivity index (χ4n) is 9.11. The van der Waals surface area contributed by atoms with Crippen LogP contribution >= 0.6 is 0 Å². The molecule has 4 rings (SSSR count). The zero-order chi connectivity index (χ0) is 21.0. The number of aliphatic hydroxyl groups excluding tert-OH is 1. The van der Waals surface area contributed by atoms with E-state index in [1.54, 1.807) is 0 Å². The van der Waals surface area contributed by atoms with Crippen LogP contribution in [0.5, 0.6) is 0 Å². The summed E-state index contributed by atoms with van der Waals surface area (Å²) in [5.74, 6) is 6.05. The Hall–Kier alpha value is -0.300. The Morgan fingerprint density at radius 3 is 2.34 bits per heavy atom. The largest absolute Gasteiger partial charge is 0.393 e. The molecule has 0 aliphatic heterocycles. The molecule has 0 aromatic rings. The van der Waals surface area contributed by atoms with Crippen LogP contribution in [0.25, 0.3) is 0 Å². The molecule has 1 nitrogen and oxygen atoms in total. The van der Waals surface area contributed by atoms with E-state index in [1.165, 1.54) is 63.4 Å². The third-order valence-corrected chi connectivity index (χ3v) is 11.1. The molecular formula is C28H48O. The van der Waals surface area contributed by atoms with Gasteiger partial charge in [0, 0.05) is 0 Å². The number of hydrogen-bond donors (Lipinski definition) is 1. The van der Waals surface area contributed by atoms with Gasteiger partial charge in [-0.25, -0.2) is 0 Å². The topological polar surface area (TPSA) is 20.2 Å². The van der Waals surface area contributed by atoms with E-state index in [2.05, 4.69) is 41.2 Å². The van der Waals surface area contributed by atoms with Gasteiger partial charge in [0.15, 0.2) is 0 Å². The zero-order valence-electron chi connectivity index (χ0n) is 20.1. The lowest BCUT2D eigenvalue weighted by molar-refractivity contribution is -0.129. The van der Waals surface area contributed by atoms with Crippen molar-refractivity contribution in [1.82, 2.24) is 0 Å². The first-order valence-electron chi connectivity index (χ1n) is 13.0. The summed E-state index contributed by atoms with van der Waals surface area (Å²) in [6.45, 7) is 16.8. The lowest BCUT2D eigenvalue weighted by Gasteiger charge is -2.61. The highest BCUT2D eigenvalue weighted by atomic mass is 16.3. The Kier molecular flexibility index (Phi) is 6.04. The van der Waals surface area contributed by atoms with Gasteiger partial charge in [0.25, 0.3) is 0 Å². The lowest BCUT2D eigenvalue weighted by atomic mass is 9.44. The third kappa shape index (κ3) is 3.66. The predicted octanol–water partition coefficient (Wildman–Crippen LogP) is 7.63. The number of rotatable bonds is 5. The van der Waals surface area contributed by atoms with Crippen LogP contribution in [0.2, 0.25) is 0 Å². The minimum atomic E-state index is -0.0178. The van der Waals surface area contributed by atoms with E-state index in [-0.39, 0.29) is 6.10 Å². The van der Waals surface area contributed by atoms with E-state index in [0.717, 1.165) is 48.3 Å². The van der Waals surface area contributed by atoms with Crippen molar-refractivity contribution in [2.75, 3.05) is 0 Å². The second-order valence-corrected chi connectivity index (χ2v) is 12.6. The van der Waals surface area contributed by atoms with Crippen LogP contribution < -0.4 is 0 Å². The second kappa shape index (κ2) is 7.99. The molecule has 0 amide bonds. The molecule has 4 saturated carbocycles. The van der Waals surface area contributed by atoms with Crippen molar-refractivity contribution in [3.63, 3.8) is 0 Å². The van der Waals surface area contributed by atoms with Crippen LogP contribution in [0.4, 0.5) is 0 Å². The van der Waals surface area contributed by atoms with Gasteiger partial charge in [-0.05, 0) is 123 Å². The molecule has 29 heavy (non-hydrogen) atoms. The number of fused-ring (bicyclic) bond motifs is 5. The molecule has 0 saturated heterocycles. The van der Waals surface area contributed by atoms with Gasteiger partial charge in [-0.15, -0.1) is 0 Å². The second-order valence-electron chi connectivity index (χ2n) is 12.6. The molecule has 1 N–H and O–H groups in total. The summed E-state index contributed by atoms with van der Waals surface area (Å²) in [6.07, 6.45) is 14.7. The summed E-state index contributed by atoms with van der Waals surface area (Å²) < 4.78 is 0. The van der Waals surface area contributed by atoms with Gasteiger partial charge < -0.3 is 5.11 Å². The third-order valence-electron chi connectivity index (χ3n) is 11.1. The molecule has 4 aliphatic rings. The van der Waals surface area contributed by atoms with Crippen molar-refractivity contribution < 1.29 is 5.11 Å². The van der Waals surface area contributed by atoms with Gasteiger partial charge in [-0.1, -0.05) is 46.8 Å². The molecule has 0 spiro atoms. The monoisotopic (exact) mass is 400 g/mol. The maximum absolute atomic E-state index is 10.3. The van der Waals surface area contributed by atoms with Gasteiger partial charge in [-0.3, -0.25) is 0 Å². The van der Waals surface area contributed by atoms with Crippen molar-refractivity contribution in [2.45, 2.75) is 111 Å². The molecule has 0 heterocycles. The minimum Gasteiger partial charge on any atom is -0.393 e. The summed E-state index contributed by atoms with van der Waals surface area (Å²) >= 11 is 0. The lowest BCUT2D eigenvalue weighted by Crippen LogP contribution is -2.54. The average Bonchev–Trinajstić information content (AvgIpc) is 3.03. The molecule has 0 aromatic carbocycles. The van der Waals surface area contributed by atoms with Crippen LogP contribution in [0.1, 0.15) is 105 Å². The highest BCUT2D eigenvalue weighted by molar-refractivity contribution is 5.10. The molecule has 166 valence electrons. The summed E-state index contributed by atoms with van der Waals surface area (Å²) in [6, 6.07) is 0. The average molecular weight is 401 g/mol. The van der Waals surface area contributed by atoms with E-state index < -0.39 is 0 Å². The summed E-state index contributed by atoms with van der Waals surface area (Å²) in [4.78, 5) is 0. The quantitative estimate of drug-likeness (QED) is 0.470. The SMILES string of the molecule is C=C(CC[C@@H](C)[C@H]1CC[C@H]2[C@@H]3CC[C@@H]4C[C@@H](O)CC[C@]4(C)[C@H]3CC[C@]12C)C(C)C. The fraction of sp³-hybridized carbons (Fsp3) is 0.929. The van der Waals surface area contributed by atoms with Crippen molar-refractivity contribution in [3.8, 4) is 0 Å². The molecule has 0 aromatic heterocycles. The van der Waals surface area contributed by atoms with E-state index in [1.807, 2.05) is 0 Å². The Labute approximate surface area is 181 Å². The Morgan fingerprint density at radius 1 is 0.931 bits per heavy atom. The normalized spacial score (nSPS) is 48.0. The molecule has 0 bridgehead atoms. The van der Waals surface area contributed by atoms with Crippen molar-refractivity contribution in [1.29, 1.82) is 0 Å². The van der Waals surface area contributed by atoms with Crippen molar-refractivity contribution >= 4 is 0 Å². The first-order chi connectivity index (χ1) is 13.7. The molecule has 9 atom stereocenters. The highest BCUT2D eigenvalue weighted by Crippen LogP contribution is 2.68. The number of hydrogen-bond acceptors (Lipinski definition) is 1. The minimum absolute atomic E-state index is 0.0178. The fourth-order valence-corrected chi connectivity index (χ4v) is 9.11. The van der Waals surface area contributed by atoms with Gasteiger partial charge in [-0.2, -0.15) is 0 Å². The van der Waals surface area contributed by atoms with Crippen molar-refractivity contribution in [3.05, 3.63) is 12.2 Å². The molecular weight excluding hydrogens is 352 g/mol. The van der Waals surface area contributed by atoms with Gasteiger partial charge in [0.1, 0.15) is 0 Å². The van der Waals surface area contributed by atoms with Crippen LogP contribution in [0, 0.1) is 52.3 Å². The van der Waals surface area contributed by atoms with E-state index in [4.69, 9.17) is 0 Å². The van der Waals surface area contributed by atoms with Crippen LogP contribution in [0.3, 0.4) is 0 Å². The van der Waals surface area contributed by atoms with Crippen LogP contribution in [0.15, 0.2) is 12.2 Å². The van der Waals surface area contributed by atoms with E-state index in [9.17, 15) is 5.11 Å². The summed E-state index contributed by atoms with van der Waals surface area (Å²) in [5, 5.41) is 10.3. The van der Waals surface area contributed by atoms with Crippen molar-refractivity contribution in [2.24, 2.45) is 52.3 Å². The molecule has 4 aliphatic carbocycles. The molecule has 4 fully saturated rings. The summed E-state index contributed by atoms with van der Waals surface area (Å²) in [5.41, 5.74) is 2.55. The predicted molar refractivity (Wildman–Crippen MR) is 124 cm³/mol. The number of aliphatic hydroxyl groups is 1. The smallest absolute Gasteiger partial charge is 0.0543 e. The highest BCUT2D eigenvalue weighted by Gasteiger charge is 2.60. The van der Waals surface area contributed by atoms with Gasteiger partial charge in [0.2, 0.25) is 0 Å². The Balaban J connectivity index is 1.46. The maximum Gasteiger partial charge on any atom is 0.0543 e. The number of allylic oxidation sites excluding steroid dienone is 1. The first kappa shape index (κ1) is 21.9. The van der Waals surface area contributed by atoms with E-state index >= 15 is 0 Å².